The van der Waals surface area contributed by atoms with E-state index in [1.807, 2.05) is 6.92 Å². The summed E-state index contributed by atoms with van der Waals surface area (Å²) in [5, 5.41) is 29.7. The number of allylic oxidation sites excluding steroid dienone is 3. The van der Waals surface area contributed by atoms with Crippen molar-refractivity contribution in [2.75, 3.05) is 0 Å². The molecule has 0 radical (unpaired) electrons. The quantitative estimate of drug-likeness (QED) is 0.517. The minimum atomic E-state index is -4.69. The van der Waals surface area contributed by atoms with Gasteiger partial charge < -0.3 is 25.1 Å². The van der Waals surface area contributed by atoms with Crippen LogP contribution in [0.5, 0.6) is 5.75 Å². The van der Waals surface area contributed by atoms with E-state index in [0.29, 0.717) is 6.42 Å². The molecule has 24 heavy (non-hydrogen) atoms. The minimum Gasteiger partial charge on any atom is -0.512 e. The third kappa shape index (κ3) is 4.55. The summed E-state index contributed by atoms with van der Waals surface area (Å²) in [5.41, 5.74) is 1.00. The van der Waals surface area contributed by atoms with Crippen LogP contribution in [0, 0.1) is 0 Å². The van der Waals surface area contributed by atoms with E-state index in [2.05, 4.69) is 4.76 Å². The fraction of sp³-hybridized carbons (Fsp3) is 0.312. The van der Waals surface area contributed by atoms with Crippen molar-refractivity contribution >= 4 is 13.5 Å². The van der Waals surface area contributed by atoms with Gasteiger partial charge in [-0.3, -0.25) is 0 Å². The molecule has 0 aliphatic heterocycles. The van der Waals surface area contributed by atoms with Crippen LogP contribution in [0.2, 0.25) is 0 Å². The molecule has 1 aliphatic rings. The van der Waals surface area contributed by atoms with Crippen LogP contribution in [0.15, 0.2) is 52.5 Å². The fourth-order valence-corrected chi connectivity index (χ4v) is 3.21. The number of aliphatic hydroxyl groups is 2. The van der Waals surface area contributed by atoms with Crippen LogP contribution in [0.25, 0.3) is 0 Å². The van der Waals surface area contributed by atoms with E-state index in [-0.39, 0.29) is 35.1 Å². The first-order chi connectivity index (χ1) is 11.2. The van der Waals surface area contributed by atoms with Crippen molar-refractivity contribution in [1.29, 1.82) is 0 Å². The Kier molecular flexibility index (Phi) is 5.62. The van der Waals surface area contributed by atoms with Crippen molar-refractivity contribution in [2.45, 2.75) is 31.8 Å². The van der Waals surface area contributed by atoms with Crippen molar-refractivity contribution < 1.29 is 29.7 Å². The SMILES string of the molecule is CCC(c1ccc(O)cc1)C(O)C1=CC=C(O)CC1=NP(=O)(O)O. The number of phenols is 1. The van der Waals surface area contributed by atoms with Gasteiger partial charge in [-0.25, -0.2) is 4.57 Å². The number of aliphatic hydroxyl groups excluding tert-OH is 2. The zero-order valence-electron chi connectivity index (χ0n) is 13.1. The number of hydrogen-bond donors (Lipinski definition) is 5. The van der Waals surface area contributed by atoms with E-state index >= 15 is 0 Å². The molecule has 0 amide bonds. The molecule has 1 aliphatic carbocycles. The zero-order valence-corrected chi connectivity index (χ0v) is 14.0. The van der Waals surface area contributed by atoms with Gasteiger partial charge in [-0.2, -0.15) is 4.76 Å². The molecule has 0 heterocycles. The maximum Gasteiger partial charge on any atom is 0.448 e. The average Bonchev–Trinajstić information content (AvgIpc) is 2.48. The molecule has 0 saturated carbocycles. The first kappa shape index (κ1) is 18.4. The number of phenolic OH excluding ortho intramolecular Hbond substituents is 1. The molecule has 0 bridgehead atoms. The molecule has 5 N–H and O–H groups in total. The Morgan fingerprint density at radius 1 is 1.17 bits per heavy atom. The van der Waals surface area contributed by atoms with Gasteiger partial charge in [-0.05, 0) is 30.2 Å². The molecular formula is C16H20NO6P. The molecule has 0 spiro atoms. The summed E-state index contributed by atoms with van der Waals surface area (Å²) in [7, 11) is -4.69. The standard InChI is InChI=1S/C16H20NO6P/c1-2-13(10-3-5-11(18)6-4-10)16(20)14-8-7-12(19)9-15(14)17-24(21,22)23/h3-8,13,16,18-20H,2,9H2,1H3,(H2,21,22,23). The van der Waals surface area contributed by atoms with Crippen molar-refractivity contribution in [3.8, 4) is 5.75 Å². The summed E-state index contributed by atoms with van der Waals surface area (Å²) in [6, 6.07) is 6.39. The Labute approximate surface area is 139 Å². The van der Waals surface area contributed by atoms with Crippen LogP contribution in [0.1, 0.15) is 31.2 Å². The normalized spacial score (nSPS) is 19.6. The van der Waals surface area contributed by atoms with E-state index in [1.54, 1.807) is 12.1 Å². The molecule has 0 saturated heterocycles. The number of rotatable bonds is 5. The third-order valence-corrected chi connectivity index (χ3v) is 4.35. The molecule has 7 nitrogen and oxygen atoms in total. The molecule has 0 fully saturated rings. The smallest absolute Gasteiger partial charge is 0.448 e. The average molecular weight is 353 g/mol. The van der Waals surface area contributed by atoms with Crippen LogP contribution in [0.4, 0.5) is 0 Å². The molecule has 1 aromatic rings. The second-order valence-electron chi connectivity index (χ2n) is 5.57. The lowest BCUT2D eigenvalue weighted by Gasteiger charge is -2.27. The fourth-order valence-electron chi connectivity index (χ4n) is 2.71. The van der Waals surface area contributed by atoms with Gasteiger partial charge in [0, 0.05) is 17.9 Å². The lowest BCUT2D eigenvalue weighted by molar-refractivity contribution is 0.180. The molecule has 130 valence electrons. The molecule has 1 aromatic carbocycles. The number of benzene rings is 1. The van der Waals surface area contributed by atoms with Crippen molar-refractivity contribution in [1.82, 2.24) is 0 Å². The van der Waals surface area contributed by atoms with Crippen LogP contribution in [-0.4, -0.2) is 36.9 Å². The highest BCUT2D eigenvalue weighted by Crippen LogP contribution is 2.40. The van der Waals surface area contributed by atoms with E-state index in [9.17, 15) is 19.9 Å². The highest BCUT2D eigenvalue weighted by atomic mass is 31.2. The minimum absolute atomic E-state index is 0.0342. The van der Waals surface area contributed by atoms with Gasteiger partial charge in [0.25, 0.3) is 0 Å². The first-order valence-corrected chi connectivity index (χ1v) is 8.99. The topological polar surface area (TPSA) is 131 Å². The molecule has 2 unspecified atom stereocenters. The molecule has 0 aromatic heterocycles. The Bertz CT molecular complexity index is 731. The first-order valence-electron chi connectivity index (χ1n) is 7.43. The third-order valence-electron chi connectivity index (χ3n) is 3.85. The van der Waals surface area contributed by atoms with Crippen LogP contribution in [-0.2, 0) is 4.57 Å². The van der Waals surface area contributed by atoms with Gasteiger partial charge in [-0.15, -0.1) is 0 Å². The summed E-state index contributed by atoms with van der Waals surface area (Å²) in [6.45, 7) is 1.87. The molecule has 2 atom stereocenters. The zero-order chi connectivity index (χ0) is 17.9. The monoisotopic (exact) mass is 353 g/mol. The van der Waals surface area contributed by atoms with Crippen LogP contribution < -0.4 is 0 Å². The summed E-state index contributed by atoms with van der Waals surface area (Å²) in [4.78, 5) is 18.2. The molecule has 8 heteroatoms. The predicted molar refractivity (Wildman–Crippen MR) is 90.0 cm³/mol. The Hall–Kier alpha value is -1.92. The van der Waals surface area contributed by atoms with E-state index in [1.165, 1.54) is 24.3 Å². The number of aromatic hydroxyl groups is 1. The number of nitrogens with zero attached hydrogens (tertiary/aromatic N) is 1. The van der Waals surface area contributed by atoms with Gasteiger partial charge in [0.15, 0.2) is 0 Å². The lowest BCUT2D eigenvalue weighted by atomic mass is 9.83. The van der Waals surface area contributed by atoms with E-state index in [0.717, 1.165) is 5.56 Å². The predicted octanol–water partition coefficient (Wildman–Crippen LogP) is 2.55. The van der Waals surface area contributed by atoms with Crippen LogP contribution in [0.3, 0.4) is 0 Å². The van der Waals surface area contributed by atoms with Gasteiger partial charge >= 0.3 is 7.75 Å². The lowest BCUT2D eigenvalue weighted by Crippen LogP contribution is -2.27. The Balaban J connectivity index is 2.40. The largest absolute Gasteiger partial charge is 0.512 e. The second kappa shape index (κ2) is 7.32. The van der Waals surface area contributed by atoms with Crippen molar-refractivity contribution in [3.05, 3.63) is 53.3 Å². The maximum absolute atomic E-state index is 11.2. The second-order valence-corrected chi connectivity index (χ2v) is 6.79. The van der Waals surface area contributed by atoms with Gasteiger partial charge in [0.05, 0.1) is 17.6 Å². The summed E-state index contributed by atoms with van der Waals surface area (Å²) < 4.78 is 14.6. The van der Waals surface area contributed by atoms with E-state index < -0.39 is 13.9 Å². The Morgan fingerprint density at radius 3 is 2.33 bits per heavy atom. The maximum atomic E-state index is 11.2. The van der Waals surface area contributed by atoms with Gasteiger partial charge in [-0.1, -0.05) is 25.1 Å². The summed E-state index contributed by atoms with van der Waals surface area (Å²) in [6.07, 6.45) is 2.14. The van der Waals surface area contributed by atoms with Crippen molar-refractivity contribution in [2.24, 2.45) is 4.76 Å². The summed E-state index contributed by atoms with van der Waals surface area (Å²) in [5.74, 6) is -0.333. The van der Waals surface area contributed by atoms with E-state index in [4.69, 9.17) is 9.79 Å². The van der Waals surface area contributed by atoms with Crippen molar-refractivity contribution in [3.63, 3.8) is 0 Å². The number of hydrogen-bond acceptors (Lipinski definition) is 4. The van der Waals surface area contributed by atoms with Gasteiger partial charge in [0.1, 0.15) is 5.75 Å². The highest BCUT2D eigenvalue weighted by molar-refractivity contribution is 7.50. The van der Waals surface area contributed by atoms with Crippen LogP contribution >= 0.6 is 7.75 Å². The summed E-state index contributed by atoms with van der Waals surface area (Å²) >= 11 is 0. The molecule has 2 rings (SSSR count). The molecular weight excluding hydrogens is 333 g/mol. The highest BCUT2D eigenvalue weighted by Gasteiger charge is 2.29. The Morgan fingerprint density at radius 2 is 1.79 bits per heavy atom. The van der Waals surface area contributed by atoms with Gasteiger partial charge in [0.2, 0.25) is 0 Å².